The number of hydrogen-bond donors (Lipinski definition) is 0. The molecule has 0 bridgehead atoms. The van der Waals surface area contributed by atoms with E-state index in [1.807, 2.05) is 25.3 Å². The molecular formula is C9H10BrClOS. The Kier molecular flexibility index (Phi) is 3.55. The van der Waals surface area contributed by atoms with Crippen LogP contribution in [0.5, 0.6) is 0 Å². The van der Waals surface area contributed by atoms with Crippen LogP contribution in [-0.4, -0.2) is 11.7 Å². The van der Waals surface area contributed by atoms with Crippen molar-refractivity contribution in [3.63, 3.8) is 0 Å². The van der Waals surface area contributed by atoms with Gasteiger partial charge in [-0.25, -0.2) is 0 Å². The lowest BCUT2D eigenvalue weighted by molar-refractivity contribution is 0.0865. The Bertz CT molecular complexity index is 319. The predicted octanol–water partition coefficient (Wildman–Crippen LogP) is 3.96. The maximum absolute atomic E-state index is 11.9. The molecule has 1 nitrogen and oxygen atoms in total. The third-order valence-electron chi connectivity index (χ3n) is 1.77. The van der Waals surface area contributed by atoms with Gasteiger partial charge in [-0.15, -0.1) is 22.9 Å². The largest absolute Gasteiger partial charge is 0.293 e. The molecular weight excluding hydrogens is 272 g/mol. The van der Waals surface area contributed by atoms with E-state index in [0.29, 0.717) is 5.88 Å². The monoisotopic (exact) mass is 280 g/mol. The summed E-state index contributed by atoms with van der Waals surface area (Å²) in [5, 5.41) is 1.89. The van der Waals surface area contributed by atoms with Gasteiger partial charge in [0.15, 0.2) is 5.78 Å². The first kappa shape index (κ1) is 11.2. The lowest BCUT2D eigenvalue weighted by Crippen LogP contribution is -2.25. The van der Waals surface area contributed by atoms with Gasteiger partial charge in [-0.2, -0.15) is 0 Å². The highest BCUT2D eigenvalue weighted by Crippen LogP contribution is 2.31. The van der Waals surface area contributed by atoms with Crippen LogP contribution in [0, 0.1) is 5.41 Å². The molecule has 1 rings (SSSR count). The quantitative estimate of drug-likeness (QED) is 0.605. The Morgan fingerprint density at radius 1 is 1.69 bits per heavy atom. The number of carbonyl (C=O) groups excluding carboxylic acids is 1. The second-order valence-corrected chi connectivity index (χ2v) is 5.48. The van der Waals surface area contributed by atoms with E-state index in [0.717, 1.165) is 9.35 Å². The molecule has 0 fully saturated rings. The third kappa shape index (κ3) is 2.33. The highest BCUT2D eigenvalue weighted by molar-refractivity contribution is 9.10. The summed E-state index contributed by atoms with van der Waals surface area (Å²) in [5.74, 6) is 0.445. The van der Waals surface area contributed by atoms with Crippen LogP contribution < -0.4 is 0 Å². The topological polar surface area (TPSA) is 17.1 Å². The Balaban J connectivity index is 2.98. The van der Waals surface area contributed by atoms with Crippen molar-refractivity contribution in [3.05, 3.63) is 20.8 Å². The fraction of sp³-hybridized carbons (Fsp3) is 0.444. The standard InChI is InChI=1S/C9H10BrClOS/c1-9(2,5-11)8(12)7-6(10)3-4-13-7/h3-4H,5H2,1-2H3. The zero-order valence-electron chi connectivity index (χ0n) is 7.43. The van der Waals surface area contributed by atoms with Crippen molar-refractivity contribution in [2.24, 2.45) is 5.41 Å². The molecule has 72 valence electrons. The molecule has 0 radical (unpaired) electrons. The smallest absolute Gasteiger partial charge is 0.180 e. The fourth-order valence-electron chi connectivity index (χ4n) is 0.824. The highest BCUT2D eigenvalue weighted by Gasteiger charge is 2.29. The Morgan fingerprint density at radius 2 is 2.31 bits per heavy atom. The van der Waals surface area contributed by atoms with Crippen LogP contribution in [-0.2, 0) is 0 Å². The Labute approximate surface area is 95.2 Å². The summed E-state index contributed by atoms with van der Waals surface area (Å²) < 4.78 is 0.862. The van der Waals surface area contributed by atoms with E-state index < -0.39 is 5.41 Å². The minimum absolute atomic E-state index is 0.101. The minimum Gasteiger partial charge on any atom is -0.293 e. The van der Waals surface area contributed by atoms with Crippen molar-refractivity contribution in [1.82, 2.24) is 0 Å². The molecule has 0 aliphatic heterocycles. The van der Waals surface area contributed by atoms with Crippen molar-refractivity contribution in [2.75, 3.05) is 5.88 Å². The van der Waals surface area contributed by atoms with Crippen LogP contribution in [0.15, 0.2) is 15.9 Å². The summed E-state index contributed by atoms with van der Waals surface area (Å²) in [5.41, 5.74) is -0.477. The first-order chi connectivity index (χ1) is 5.99. The Morgan fingerprint density at radius 3 is 2.69 bits per heavy atom. The zero-order chi connectivity index (χ0) is 10.1. The normalized spacial score (nSPS) is 11.7. The average Bonchev–Trinajstić information content (AvgIpc) is 2.50. The molecule has 0 N–H and O–H groups in total. The van der Waals surface area contributed by atoms with Crippen LogP contribution in [0.1, 0.15) is 23.5 Å². The van der Waals surface area contributed by atoms with E-state index >= 15 is 0 Å². The van der Waals surface area contributed by atoms with E-state index in [9.17, 15) is 4.79 Å². The highest BCUT2D eigenvalue weighted by atomic mass is 79.9. The van der Waals surface area contributed by atoms with Crippen molar-refractivity contribution in [3.8, 4) is 0 Å². The van der Waals surface area contributed by atoms with Crippen molar-refractivity contribution < 1.29 is 4.79 Å². The van der Waals surface area contributed by atoms with Gasteiger partial charge >= 0.3 is 0 Å². The van der Waals surface area contributed by atoms with Gasteiger partial charge < -0.3 is 0 Å². The summed E-state index contributed by atoms with van der Waals surface area (Å²) in [6, 6.07) is 1.88. The molecule has 13 heavy (non-hydrogen) atoms. The van der Waals surface area contributed by atoms with E-state index in [2.05, 4.69) is 15.9 Å². The van der Waals surface area contributed by atoms with Gasteiger partial charge in [0.05, 0.1) is 4.88 Å². The number of thiophene rings is 1. The molecule has 0 aliphatic carbocycles. The molecule has 1 aromatic rings. The summed E-state index contributed by atoms with van der Waals surface area (Å²) in [6.07, 6.45) is 0. The molecule has 0 unspecified atom stereocenters. The van der Waals surface area contributed by atoms with Gasteiger partial charge in [0, 0.05) is 15.8 Å². The number of hydrogen-bond acceptors (Lipinski definition) is 2. The fourth-order valence-corrected chi connectivity index (χ4v) is 2.62. The first-order valence-corrected chi connectivity index (χ1v) is 6.03. The number of rotatable bonds is 3. The summed E-state index contributed by atoms with van der Waals surface area (Å²) in [7, 11) is 0. The Hall–Kier alpha value is 0.140. The molecule has 0 atom stereocenters. The van der Waals surface area contributed by atoms with Gasteiger partial charge in [0.1, 0.15) is 0 Å². The lowest BCUT2D eigenvalue weighted by atomic mass is 9.90. The SMILES string of the molecule is CC(C)(CCl)C(=O)c1sccc1Br. The number of ketones is 1. The third-order valence-corrected chi connectivity index (χ3v) is 4.28. The summed E-state index contributed by atoms with van der Waals surface area (Å²) >= 11 is 10.5. The molecule has 1 aromatic heterocycles. The van der Waals surface area contributed by atoms with E-state index in [1.165, 1.54) is 11.3 Å². The summed E-state index contributed by atoms with van der Waals surface area (Å²) in [4.78, 5) is 12.6. The molecule has 1 heterocycles. The van der Waals surface area contributed by atoms with Crippen molar-refractivity contribution >= 4 is 44.7 Å². The summed E-state index contributed by atoms with van der Waals surface area (Å²) in [6.45, 7) is 3.71. The van der Waals surface area contributed by atoms with Crippen LogP contribution in [0.3, 0.4) is 0 Å². The van der Waals surface area contributed by atoms with Crippen LogP contribution in [0.4, 0.5) is 0 Å². The first-order valence-electron chi connectivity index (χ1n) is 3.83. The molecule has 0 amide bonds. The number of alkyl halides is 1. The molecule has 0 saturated carbocycles. The number of halogens is 2. The van der Waals surface area contributed by atoms with Gasteiger partial charge in [-0.05, 0) is 27.4 Å². The lowest BCUT2D eigenvalue weighted by Gasteiger charge is -2.18. The molecule has 0 spiro atoms. The second-order valence-electron chi connectivity index (χ2n) is 3.44. The van der Waals surface area contributed by atoms with Crippen LogP contribution >= 0.6 is 38.9 Å². The van der Waals surface area contributed by atoms with E-state index in [4.69, 9.17) is 11.6 Å². The number of Topliss-reactive ketones (excluding diaryl/α,β-unsaturated/α-hetero) is 1. The predicted molar refractivity (Wildman–Crippen MR) is 60.9 cm³/mol. The maximum atomic E-state index is 11.9. The van der Waals surface area contributed by atoms with Gasteiger partial charge in [-0.1, -0.05) is 13.8 Å². The molecule has 0 aliphatic rings. The molecule has 0 saturated heterocycles. The second kappa shape index (κ2) is 4.11. The van der Waals surface area contributed by atoms with Crippen molar-refractivity contribution in [2.45, 2.75) is 13.8 Å². The number of carbonyl (C=O) groups is 1. The van der Waals surface area contributed by atoms with E-state index in [-0.39, 0.29) is 5.78 Å². The minimum atomic E-state index is -0.477. The van der Waals surface area contributed by atoms with Crippen molar-refractivity contribution in [1.29, 1.82) is 0 Å². The maximum Gasteiger partial charge on any atom is 0.180 e. The molecule has 4 heteroatoms. The van der Waals surface area contributed by atoms with Gasteiger partial charge in [0.2, 0.25) is 0 Å². The van der Waals surface area contributed by atoms with Gasteiger partial charge in [0.25, 0.3) is 0 Å². The molecule has 0 aromatic carbocycles. The van der Waals surface area contributed by atoms with Gasteiger partial charge in [-0.3, -0.25) is 4.79 Å². The average molecular weight is 282 g/mol. The van der Waals surface area contributed by atoms with E-state index in [1.54, 1.807) is 0 Å². The van der Waals surface area contributed by atoms with Crippen LogP contribution in [0.25, 0.3) is 0 Å². The zero-order valence-corrected chi connectivity index (χ0v) is 10.6. The van der Waals surface area contributed by atoms with Crippen LogP contribution in [0.2, 0.25) is 0 Å².